The second-order valence-corrected chi connectivity index (χ2v) is 8.04. The van der Waals surface area contributed by atoms with Crippen LogP contribution in [-0.4, -0.2) is 25.1 Å². The Morgan fingerprint density at radius 2 is 2.10 bits per heavy atom. The highest BCUT2D eigenvalue weighted by Crippen LogP contribution is 2.45. The van der Waals surface area contributed by atoms with E-state index in [2.05, 4.69) is 11.8 Å². The summed E-state index contributed by atoms with van der Waals surface area (Å²) in [6, 6.07) is 0. The zero-order valence-corrected chi connectivity index (χ0v) is 15.1. The molecule has 0 amide bonds. The Labute approximate surface area is 136 Å². The number of thiophene rings is 1. The summed E-state index contributed by atoms with van der Waals surface area (Å²) in [6.45, 7) is 8.35. The molecule has 3 nitrogen and oxygen atoms in total. The lowest BCUT2D eigenvalue weighted by molar-refractivity contribution is 0.0944. The number of nitrogens with zero attached hydrogens (tertiary/aromatic N) is 1. The quantitative estimate of drug-likeness (QED) is 0.653. The lowest BCUT2D eigenvalue weighted by Crippen LogP contribution is -2.23. The molecule has 0 radical (unpaired) electrons. The fraction of sp³-hybridized carbons (Fsp3) is 0.688. The van der Waals surface area contributed by atoms with Gasteiger partial charge in [0, 0.05) is 19.0 Å². The minimum absolute atomic E-state index is 0.00216. The predicted molar refractivity (Wildman–Crippen MR) is 94.9 cm³/mol. The second kappa shape index (κ2) is 7.05. The normalized spacial score (nSPS) is 19.9. The minimum Gasteiger partial charge on any atom is -0.396 e. The molecule has 1 aromatic heterocycles. The molecule has 1 unspecified atom stereocenters. The number of hydrogen-bond acceptors (Lipinski definition) is 5. The summed E-state index contributed by atoms with van der Waals surface area (Å²) in [7, 11) is 0. The van der Waals surface area contributed by atoms with E-state index in [-0.39, 0.29) is 11.7 Å². The van der Waals surface area contributed by atoms with Gasteiger partial charge in [-0.15, -0.1) is 23.1 Å². The molecule has 2 heterocycles. The van der Waals surface area contributed by atoms with Gasteiger partial charge in [-0.25, -0.2) is 0 Å². The van der Waals surface area contributed by atoms with E-state index in [1.165, 1.54) is 24.3 Å². The highest BCUT2D eigenvalue weighted by molar-refractivity contribution is 7.99. The molecule has 0 bridgehead atoms. The number of nitrogen functional groups attached to an aromatic ring is 1. The molecular formula is C16H26N2OS2. The van der Waals surface area contributed by atoms with Gasteiger partial charge in [0.25, 0.3) is 0 Å². The van der Waals surface area contributed by atoms with Gasteiger partial charge in [0.05, 0.1) is 15.5 Å². The number of nitrogens with two attached hydrogens (primary N) is 1. The van der Waals surface area contributed by atoms with Crippen molar-refractivity contribution in [3.05, 3.63) is 4.88 Å². The largest absolute Gasteiger partial charge is 0.396 e. The third-order valence-corrected chi connectivity index (χ3v) is 6.37. The van der Waals surface area contributed by atoms with Crippen molar-refractivity contribution in [3.63, 3.8) is 0 Å². The number of carbonyl (C=O) groups excluding carboxylic acids is 1. The highest BCUT2D eigenvalue weighted by Gasteiger charge is 2.26. The number of ketones is 1. The molecule has 0 aliphatic carbocycles. The first-order valence-electron chi connectivity index (χ1n) is 7.71. The Bertz CT molecular complexity index is 511. The van der Waals surface area contributed by atoms with Crippen LogP contribution in [0.3, 0.4) is 0 Å². The van der Waals surface area contributed by atoms with Crippen molar-refractivity contribution >= 4 is 39.6 Å². The van der Waals surface area contributed by atoms with Gasteiger partial charge < -0.3 is 10.6 Å². The second-order valence-electron chi connectivity index (χ2n) is 6.23. The van der Waals surface area contributed by atoms with Gasteiger partial charge in [-0.3, -0.25) is 4.79 Å². The molecule has 0 aromatic carbocycles. The van der Waals surface area contributed by atoms with Crippen LogP contribution in [-0.2, 0) is 0 Å². The number of carbonyl (C=O) groups is 1. The fourth-order valence-electron chi connectivity index (χ4n) is 2.73. The van der Waals surface area contributed by atoms with Crippen molar-refractivity contribution in [2.45, 2.75) is 44.9 Å². The smallest absolute Gasteiger partial charge is 0.177 e. The summed E-state index contributed by atoms with van der Waals surface area (Å²) < 4.78 is 0. The van der Waals surface area contributed by atoms with E-state index < -0.39 is 0 Å². The summed E-state index contributed by atoms with van der Waals surface area (Å²) >= 11 is 3.26. The summed E-state index contributed by atoms with van der Waals surface area (Å²) in [5.74, 6) is 0.960. The first-order chi connectivity index (χ1) is 9.95. The number of Topliss-reactive ketones (excluding diaryl/α,β-unsaturated/α-hetero) is 1. The van der Waals surface area contributed by atoms with E-state index in [9.17, 15) is 4.79 Å². The third-order valence-electron chi connectivity index (χ3n) is 4.14. The van der Waals surface area contributed by atoms with Crippen molar-refractivity contribution in [1.82, 2.24) is 0 Å². The molecule has 1 aliphatic heterocycles. The van der Waals surface area contributed by atoms with Gasteiger partial charge >= 0.3 is 0 Å². The van der Waals surface area contributed by atoms with E-state index in [0.29, 0.717) is 5.69 Å². The van der Waals surface area contributed by atoms with Crippen LogP contribution in [0.5, 0.6) is 0 Å². The molecule has 1 aromatic rings. The monoisotopic (exact) mass is 326 g/mol. The molecule has 0 spiro atoms. The standard InChI is InChI=1S/C16H26N2OS2/c1-10(2)13(19)14-12(17)15(20-4)16(21-14)18-8-5-6-11(3)7-9-18/h10-11H,5-9,17H2,1-4H3. The predicted octanol–water partition coefficient (Wildman–Crippen LogP) is 4.52. The average Bonchev–Trinajstić information content (AvgIpc) is 2.62. The molecule has 1 fully saturated rings. The molecule has 118 valence electrons. The average molecular weight is 327 g/mol. The maximum absolute atomic E-state index is 12.4. The Hall–Kier alpha value is -0.680. The number of thioether (sulfide) groups is 1. The topological polar surface area (TPSA) is 46.3 Å². The maximum atomic E-state index is 12.4. The first kappa shape index (κ1) is 16.7. The van der Waals surface area contributed by atoms with Crippen LogP contribution in [0.1, 0.15) is 49.7 Å². The van der Waals surface area contributed by atoms with E-state index in [1.54, 1.807) is 23.1 Å². The summed E-state index contributed by atoms with van der Waals surface area (Å²) in [4.78, 5) is 16.6. The Morgan fingerprint density at radius 1 is 1.38 bits per heavy atom. The summed E-state index contributed by atoms with van der Waals surface area (Å²) in [5.41, 5.74) is 6.96. The Balaban J connectivity index is 2.34. The number of anilines is 2. The number of hydrogen-bond donors (Lipinski definition) is 1. The van der Waals surface area contributed by atoms with Crippen LogP contribution >= 0.6 is 23.1 Å². The van der Waals surface area contributed by atoms with Gasteiger partial charge in [-0.05, 0) is 31.4 Å². The van der Waals surface area contributed by atoms with E-state index in [4.69, 9.17) is 5.73 Å². The molecular weight excluding hydrogens is 300 g/mol. The molecule has 1 atom stereocenters. The van der Waals surface area contributed by atoms with Crippen LogP contribution in [0.25, 0.3) is 0 Å². The van der Waals surface area contributed by atoms with Crippen molar-refractivity contribution in [3.8, 4) is 0 Å². The van der Waals surface area contributed by atoms with Gasteiger partial charge in [-0.1, -0.05) is 20.8 Å². The summed E-state index contributed by atoms with van der Waals surface area (Å²) in [6.07, 6.45) is 5.79. The lowest BCUT2D eigenvalue weighted by Gasteiger charge is -2.22. The van der Waals surface area contributed by atoms with Gasteiger partial charge in [0.2, 0.25) is 0 Å². The fourth-order valence-corrected chi connectivity index (χ4v) is 5.05. The van der Waals surface area contributed by atoms with Crippen LogP contribution in [0.4, 0.5) is 10.7 Å². The van der Waals surface area contributed by atoms with Gasteiger partial charge in [0.1, 0.15) is 5.00 Å². The molecule has 1 aliphatic rings. The van der Waals surface area contributed by atoms with Gasteiger partial charge in [0.15, 0.2) is 5.78 Å². The molecule has 1 saturated heterocycles. The molecule has 5 heteroatoms. The maximum Gasteiger partial charge on any atom is 0.177 e. The highest BCUT2D eigenvalue weighted by atomic mass is 32.2. The van der Waals surface area contributed by atoms with E-state index >= 15 is 0 Å². The molecule has 2 N–H and O–H groups in total. The first-order valence-corrected chi connectivity index (χ1v) is 9.75. The van der Waals surface area contributed by atoms with Crippen molar-refractivity contribution in [1.29, 1.82) is 0 Å². The molecule has 21 heavy (non-hydrogen) atoms. The minimum atomic E-state index is -0.00216. The van der Waals surface area contributed by atoms with E-state index in [1.807, 2.05) is 20.1 Å². The molecule has 2 rings (SSSR count). The van der Waals surface area contributed by atoms with Crippen molar-refractivity contribution in [2.24, 2.45) is 11.8 Å². The zero-order chi connectivity index (χ0) is 15.6. The molecule has 0 saturated carbocycles. The van der Waals surface area contributed by atoms with Crippen LogP contribution in [0, 0.1) is 11.8 Å². The SMILES string of the molecule is CSc1c(N2CCCC(C)CC2)sc(C(=O)C(C)C)c1N. The van der Waals surface area contributed by atoms with Crippen LogP contribution in [0.2, 0.25) is 0 Å². The van der Waals surface area contributed by atoms with Crippen molar-refractivity contribution < 1.29 is 4.79 Å². The van der Waals surface area contributed by atoms with Crippen molar-refractivity contribution in [2.75, 3.05) is 30.0 Å². The van der Waals surface area contributed by atoms with Crippen LogP contribution < -0.4 is 10.6 Å². The van der Waals surface area contributed by atoms with Crippen LogP contribution in [0.15, 0.2) is 4.90 Å². The Kier molecular flexibility index (Phi) is 5.60. The zero-order valence-electron chi connectivity index (χ0n) is 13.4. The Morgan fingerprint density at radius 3 is 2.71 bits per heavy atom. The third kappa shape index (κ3) is 3.57. The van der Waals surface area contributed by atoms with Gasteiger partial charge in [-0.2, -0.15) is 0 Å². The van der Waals surface area contributed by atoms with E-state index in [0.717, 1.165) is 28.8 Å². The lowest BCUT2D eigenvalue weighted by atomic mass is 10.0. The number of rotatable bonds is 4. The summed E-state index contributed by atoms with van der Waals surface area (Å²) in [5, 5.41) is 1.21.